The number of hydrogen-bond acceptors (Lipinski definition) is 4. The van der Waals surface area contributed by atoms with Gasteiger partial charge in [0.1, 0.15) is 4.83 Å². The zero-order chi connectivity index (χ0) is 17.3. The summed E-state index contributed by atoms with van der Waals surface area (Å²) in [4.78, 5) is 31.7. The van der Waals surface area contributed by atoms with Crippen LogP contribution in [-0.4, -0.2) is 40.0 Å². The third-order valence-electron chi connectivity index (χ3n) is 4.81. The van der Waals surface area contributed by atoms with Crippen LogP contribution < -0.4 is 0 Å². The Labute approximate surface area is 145 Å². The summed E-state index contributed by atoms with van der Waals surface area (Å²) in [7, 11) is 0. The molecule has 2 aromatic rings. The lowest BCUT2D eigenvalue weighted by Crippen LogP contribution is -2.40. The van der Waals surface area contributed by atoms with Crippen LogP contribution in [0.4, 0.5) is 0 Å². The quantitative estimate of drug-likeness (QED) is 0.918. The first-order valence-electron chi connectivity index (χ1n) is 8.33. The van der Waals surface area contributed by atoms with Gasteiger partial charge in [-0.05, 0) is 56.2 Å². The monoisotopic (exact) mass is 346 g/mol. The second kappa shape index (κ2) is 6.89. The number of amides is 1. The molecule has 1 fully saturated rings. The van der Waals surface area contributed by atoms with Gasteiger partial charge in [0.05, 0.1) is 4.88 Å². The van der Waals surface area contributed by atoms with E-state index in [1.54, 1.807) is 6.20 Å². The lowest BCUT2D eigenvalue weighted by atomic mass is 9.93. The Bertz CT molecular complexity index is 784. The lowest BCUT2D eigenvalue weighted by molar-refractivity contribution is -0.137. The molecule has 1 atom stereocenters. The van der Waals surface area contributed by atoms with Crippen LogP contribution in [0.2, 0.25) is 0 Å². The van der Waals surface area contributed by atoms with Crippen molar-refractivity contribution in [2.75, 3.05) is 13.1 Å². The molecule has 0 aromatic carbocycles. The molecule has 1 N–H and O–H groups in total. The molecule has 1 unspecified atom stereocenters. The van der Waals surface area contributed by atoms with Gasteiger partial charge in [0.2, 0.25) is 0 Å². The molecular formula is C18H22N2O3S. The number of carboxylic acid groups (broad SMARTS) is 1. The minimum atomic E-state index is -0.764. The Morgan fingerprint density at radius 1 is 1.42 bits per heavy atom. The van der Waals surface area contributed by atoms with E-state index >= 15 is 0 Å². The van der Waals surface area contributed by atoms with Crippen LogP contribution in [0, 0.1) is 19.8 Å². The second-order valence-corrected chi connectivity index (χ2v) is 7.56. The van der Waals surface area contributed by atoms with Gasteiger partial charge in [-0.1, -0.05) is 0 Å². The smallest absolute Gasteiger partial charge is 0.303 e. The zero-order valence-electron chi connectivity index (χ0n) is 14.0. The number of aromatic nitrogens is 1. The average molecular weight is 346 g/mol. The van der Waals surface area contributed by atoms with Crippen molar-refractivity contribution in [1.82, 2.24) is 9.88 Å². The Balaban J connectivity index is 1.80. The Morgan fingerprint density at radius 2 is 2.21 bits per heavy atom. The van der Waals surface area contributed by atoms with E-state index < -0.39 is 5.97 Å². The van der Waals surface area contributed by atoms with E-state index in [4.69, 9.17) is 5.11 Å². The third-order valence-corrected chi connectivity index (χ3v) is 5.99. The van der Waals surface area contributed by atoms with Gasteiger partial charge in [0.15, 0.2) is 0 Å². The van der Waals surface area contributed by atoms with Crippen molar-refractivity contribution in [2.45, 2.75) is 39.5 Å². The molecule has 0 spiro atoms. The molecule has 5 nitrogen and oxygen atoms in total. The topological polar surface area (TPSA) is 70.5 Å². The van der Waals surface area contributed by atoms with Crippen LogP contribution in [0.25, 0.3) is 10.2 Å². The maximum Gasteiger partial charge on any atom is 0.303 e. The number of fused-ring (bicyclic) bond motifs is 1. The number of carbonyl (C=O) groups excluding carboxylic acids is 1. The van der Waals surface area contributed by atoms with Gasteiger partial charge in [0.25, 0.3) is 5.91 Å². The molecule has 3 rings (SSSR count). The molecule has 24 heavy (non-hydrogen) atoms. The van der Waals surface area contributed by atoms with Crippen LogP contribution in [0.1, 0.15) is 46.5 Å². The predicted octanol–water partition coefficient (Wildman–Crippen LogP) is 3.63. The number of aliphatic carboxylic acids is 1. The standard InChI is InChI=1S/C18H22N2O3S/c1-11-7-8-19-17-15(11)12(2)16(24-17)18(23)20-9-3-4-13(10-20)5-6-14(21)22/h7-8,13H,3-6,9-10H2,1-2H3,(H,21,22). The second-order valence-electron chi connectivity index (χ2n) is 6.56. The number of rotatable bonds is 4. The van der Waals surface area contributed by atoms with Crippen molar-refractivity contribution in [3.05, 3.63) is 28.3 Å². The first kappa shape index (κ1) is 16.9. The van der Waals surface area contributed by atoms with Gasteiger partial charge in [-0.2, -0.15) is 0 Å². The van der Waals surface area contributed by atoms with Crippen molar-refractivity contribution < 1.29 is 14.7 Å². The molecule has 3 heterocycles. The van der Waals surface area contributed by atoms with Crippen molar-refractivity contribution in [1.29, 1.82) is 0 Å². The molecule has 1 aliphatic rings. The highest BCUT2D eigenvalue weighted by Gasteiger charge is 2.27. The SMILES string of the molecule is Cc1ccnc2sc(C(=O)N3CCCC(CCC(=O)O)C3)c(C)c12. The number of carboxylic acids is 1. The maximum atomic E-state index is 13.0. The first-order valence-corrected chi connectivity index (χ1v) is 9.14. The number of piperidine rings is 1. The van der Waals surface area contributed by atoms with E-state index in [1.807, 2.05) is 24.8 Å². The summed E-state index contributed by atoms with van der Waals surface area (Å²) < 4.78 is 0. The van der Waals surface area contributed by atoms with Crippen LogP contribution >= 0.6 is 11.3 Å². The van der Waals surface area contributed by atoms with Gasteiger partial charge in [0, 0.05) is 31.1 Å². The Kier molecular flexibility index (Phi) is 4.85. The van der Waals surface area contributed by atoms with E-state index in [0.717, 1.165) is 45.6 Å². The molecule has 128 valence electrons. The molecule has 6 heteroatoms. The summed E-state index contributed by atoms with van der Waals surface area (Å²) in [5.41, 5.74) is 2.16. The molecule has 0 saturated carbocycles. The van der Waals surface area contributed by atoms with Gasteiger partial charge in [-0.15, -0.1) is 11.3 Å². The van der Waals surface area contributed by atoms with E-state index in [2.05, 4.69) is 4.98 Å². The fourth-order valence-corrected chi connectivity index (χ4v) is 4.71. The Hall–Kier alpha value is -1.95. The number of carbonyl (C=O) groups is 2. The summed E-state index contributed by atoms with van der Waals surface area (Å²) >= 11 is 1.46. The van der Waals surface area contributed by atoms with Gasteiger partial charge >= 0.3 is 5.97 Å². The summed E-state index contributed by atoms with van der Waals surface area (Å²) in [6.45, 7) is 5.45. The van der Waals surface area contributed by atoms with E-state index in [0.29, 0.717) is 13.0 Å². The number of aryl methyl sites for hydroxylation is 2. The van der Waals surface area contributed by atoms with Crippen molar-refractivity contribution in [3.8, 4) is 0 Å². The normalized spacial score (nSPS) is 18.1. The van der Waals surface area contributed by atoms with Crippen molar-refractivity contribution in [2.24, 2.45) is 5.92 Å². The molecule has 1 saturated heterocycles. The number of likely N-dealkylation sites (tertiary alicyclic amines) is 1. The maximum absolute atomic E-state index is 13.0. The highest BCUT2D eigenvalue weighted by molar-refractivity contribution is 7.20. The lowest BCUT2D eigenvalue weighted by Gasteiger charge is -2.32. The summed E-state index contributed by atoms with van der Waals surface area (Å²) in [6, 6.07) is 1.97. The van der Waals surface area contributed by atoms with E-state index in [9.17, 15) is 9.59 Å². The van der Waals surface area contributed by atoms with Crippen LogP contribution in [0.15, 0.2) is 12.3 Å². The number of hydrogen-bond donors (Lipinski definition) is 1. The molecule has 0 radical (unpaired) electrons. The molecule has 1 amide bonds. The largest absolute Gasteiger partial charge is 0.481 e. The first-order chi connectivity index (χ1) is 11.5. The summed E-state index contributed by atoms with van der Waals surface area (Å²) in [5, 5.41) is 9.94. The minimum Gasteiger partial charge on any atom is -0.481 e. The highest BCUT2D eigenvalue weighted by atomic mass is 32.1. The molecule has 2 aromatic heterocycles. The molecule has 0 aliphatic carbocycles. The average Bonchev–Trinajstić information content (AvgIpc) is 2.91. The van der Waals surface area contributed by atoms with E-state index in [1.165, 1.54) is 11.3 Å². The Morgan fingerprint density at radius 3 is 2.92 bits per heavy atom. The van der Waals surface area contributed by atoms with E-state index in [-0.39, 0.29) is 18.2 Å². The van der Waals surface area contributed by atoms with Crippen LogP contribution in [0.3, 0.4) is 0 Å². The summed E-state index contributed by atoms with van der Waals surface area (Å²) in [5.74, 6) is -0.413. The molecule has 1 aliphatic heterocycles. The number of thiophene rings is 1. The van der Waals surface area contributed by atoms with Crippen molar-refractivity contribution >= 4 is 33.4 Å². The fourth-order valence-electron chi connectivity index (χ4n) is 3.51. The molecule has 0 bridgehead atoms. The van der Waals surface area contributed by atoms with Crippen LogP contribution in [-0.2, 0) is 4.79 Å². The number of nitrogens with zero attached hydrogens (tertiary/aromatic N) is 2. The van der Waals surface area contributed by atoms with Crippen molar-refractivity contribution in [3.63, 3.8) is 0 Å². The highest BCUT2D eigenvalue weighted by Crippen LogP contribution is 2.33. The fraction of sp³-hybridized carbons (Fsp3) is 0.500. The number of pyridine rings is 1. The minimum absolute atomic E-state index is 0.0647. The predicted molar refractivity (Wildman–Crippen MR) is 94.6 cm³/mol. The van der Waals surface area contributed by atoms with Crippen LogP contribution in [0.5, 0.6) is 0 Å². The van der Waals surface area contributed by atoms with Gasteiger partial charge < -0.3 is 10.0 Å². The van der Waals surface area contributed by atoms with Gasteiger partial charge in [-0.3, -0.25) is 9.59 Å². The zero-order valence-corrected chi connectivity index (χ0v) is 14.9. The van der Waals surface area contributed by atoms with Gasteiger partial charge in [-0.25, -0.2) is 4.98 Å². The molecular weight excluding hydrogens is 324 g/mol. The summed E-state index contributed by atoms with van der Waals surface area (Å²) in [6.07, 6.45) is 4.55. The third kappa shape index (κ3) is 3.29.